The third kappa shape index (κ3) is 3.31. The number of fused-ring (bicyclic) bond motifs is 1. The zero-order valence-electron chi connectivity index (χ0n) is 15.9. The van der Waals surface area contributed by atoms with Gasteiger partial charge in [-0.2, -0.15) is 0 Å². The number of aromatic nitrogens is 2. The lowest BCUT2D eigenvalue weighted by Crippen LogP contribution is -2.47. The van der Waals surface area contributed by atoms with E-state index in [1.165, 1.54) is 30.1 Å². The molecule has 0 aliphatic carbocycles. The van der Waals surface area contributed by atoms with Crippen molar-refractivity contribution in [2.45, 2.75) is 18.9 Å². The minimum absolute atomic E-state index is 0.0160. The average molecular weight is 394 g/mol. The Kier molecular flexibility index (Phi) is 4.30. The third-order valence-corrected chi connectivity index (χ3v) is 5.03. The molecule has 3 aromatic rings. The highest BCUT2D eigenvalue weighted by Crippen LogP contribution is 2.35. The SMILES string of the molecule is CN1C(=O)CC(C)(c2cc(NC(=O)c3cc4cccn4cn3)ccc2F)N=C1N. The van der Waals surface area contributed by atoms with Crippen molar-refractivity contribution in [3.05, 3.63) is 66.0 Å². The standard InChI is InChI=1S/C20H19FN6O2/c1-20(10-17(28)26(2)19(22)25-20)14-8-12(5-6-15(14)21)24-18(29)16-9-13-4-3-7-27(13)11-23-16/h3-9,11H,10H2,1-2H3,(H2,22,25)(H,24,29). The maximum Gasteiger partial charge on any atom is 0.274 e. The first-order valence-corrected chi connectivity index (χ1v) is 8.93. The molecule has 1 unspecified atom stereocenters. The van der Waals surface area contributed by atoms with Gasteiger partial charge in [-0.15, -0.1) is 0 Å². The van der Waals surface area contributed by atoms with Crippen LogP contribution in [0.2, 0.25) is 0 Å². The molecule has 1 aromatic carbocycles. The molecule has 0 saturated carbocycles. The second-order valence-electron chi connectivity index (χ2n) is 7.14. The quantitative estimate of drug-likeness (QED) is 0.710. The molecule has 2 aromatic heterocycles. The molecule has 0 radical (unpaired) electrons. The van der Waals surface area contributed by atoms with Crippen LogP contribution in [0.15, 0.2) is 53.9 Å². The lowest BCUT2D eigenvalue weighted by atomic mass is 9.87. The summed E-state index contributed by atoms with van der Waals surface area (Å²) in [5.74, 6) is -1.22. The summed E-state index contributed by atoms with van der Waals surface area (Å²) in [4.78, 5) is 34.5. The molecular formula is C20H19FN6O2. The zero-order valence-corrected chi connectivity index (χ0v) is 15.9. The van der Waals surface area contributed by atoms with Gasteiger partial charge in [-0.05, 0) is 43.3 Å². The summed E-state index contributed by atoms with van der Waals surface area (Å²) in [5, 5.41) is 2.72. The fourth-order valence-corrected chi connectivity index (χ4v) is 3.33. The highest BCUT2D eigenvalue weighted by molar-refractivity contribution is 6.03. The molecule has 1 aliphatic heterocycles. The smallest absolute Gasteiger partial charge is 0.274 e. The predicted molar refractivity (Wildman–Crippen MR) is 106 cm³/mol. The Hall–Kier alpha value is -3.75. The summed E-state index contributed by atoms with van der Waals surface area (Å²) < 4.78 is 16.4. The summed E-state index contributed by atoms with van der Waals surface area (Å²) in [7, 11) is 1.52. The van der Waals surface area contributed by atoms with Gasteiger partial charge in [0.15, 0.2) is 5.96 Å². The number of hydrogen-bond donors (Lipinski definition) is 2. The van der Waals surface area contributed by atoms with Crippen LogP contribution in [0.1, 0.15) is 29.4 Å². The lowest BCUT2D eigenvalue weighted by Gasteiger charge is -2.34. The van der Waals surface area contributed by atoms with Gasteiger partial charge in [0.25, 0.3) is 5.91 Å². The molecule has 29 heavy (non-hydrogen) atoms. The number of aliphatic imine (C=N–C) groups is 1. The number of rotatable bonds is 3. The van der Waals surface area contributed by atoms with E-state index in [1.54, 1.807) is 23.7 Å². The van der Waals surface area contributed by atoms with Crippen molar-refractivity contribution in [2.75, 3.05) is 12.4 Å². The Morgan fingerprint density at radius 2 is 2.10 bits per heavy atom. The first kappa shape index (κ1) is 18.6. The second-order valence-corrected chi connectivity index (χ2v) is 7.14. The summed E-state index contributed by atoms with van der Waals surface area (Å²) in [6.45, 7) is 1.64. The van der Waals surface area contributed by atoms with E-state index in [2.05, 4.69) is 15.3 Å². The number of benzene rings is 1. The van der Waals surface area contributed by atoms with E-state index in [9.17, 15) is 14.0 Å². The molecule has 0 bridgehead atoms. The largest absolute Gasteiger partial charge is 0.369 e. The molecule has 9 heteroatoms. The van der Waals surface area contributed by atoms with Gasteiger partial charge in [0.2, 0.25) is 5.91 Å². The predicted octanol–water partition coefficient (Wildman–Crippen LogP) is 2.12. The van der Waals surface area contributed by atoms with Gasteiger partial charge in [0, 0.05) is 30.0 Å². The Balaban J connectivity index is 1.64. The maximum absolute atomic E-state index is 14.6. The third-order valence-electron chi connectivity index (χ3n) is 5.03. The zero-order chi connectivity index (χ0) is 20.8. The number of carbonyl (C=O) groups excluding carboxylic acids is 2. The minimum atomic E-state index is -1.17. The monoisotopic (exact) mass is 394 g/mol. The van der Waals surface area contributed by atoms with Gasteiger partial charge in [-0.1, -0.05) is 0 Å². The fraction of sp³-hybridized carbons (Fsp3) is 0.200. The summed E-state index contributed by atoms with van der Waals surface area (Å²) in [5.41, 5.74) is 6.24. The van der Waals surface area contributed by atoms with Gasteiger partial charge in [0.05, 0.1) is 18.3 Å². The van der Waals surface area contributed by atoms with Crippen molar-refractivity contribution in [1.82, 2.24) is 14.3 Å². The number of nitrogens with one attached hydrogen (secondary N) is 1. The summed E-state index contributed by atoms with van der Waals surface area (Å²) in [6, 6.07) is 9.50. The van der Waals surface area contributed by atoms with Gasteiger partial charge in [-0.3, -0.25) is 14.5 Å². The molecule has 0 saturated heterocycles. The van der Waals surface area contributed by atoms with Crippen LogP contribution in [0.25, 0.3) is 5.52 Å². The van der Waals surface area contributed by atoms with Crippen LogP contribution in [-0.4, -0.2) is 39.1 Å². The Morgan fingerprint density at radius 1 is 1.31 bits per heavy atom. The minimum Gasteiger partial charge on any atom is -0.369 e. The fourth-order valence-electron chi connectivity index (χ4n) is 3.33. The average Bonchev–Trinajstić information content (AvgIpc) is 3.15. The van der Waals surface area contributed by atoms with Crippen LogP contribution in [0.4, 0.5) is 10.1 Å². The number of carbonyl (C=O) groups is 2. The molecule has 0 spiro atoms. The molecule has 1 aliphatic rings. The lowest BCUT2D eigenvalue weighted by molar-refractivity contribution is -0.128. The Morgan fingerprint density at radius 3 is 2.86 bits per heavy atom. The normalized spacial score (nSPS) is 19.3. The van der Waals surface area contributed by atoms with Crippen molar-refractivity contribution in [2.24, 2.45) is 10.7 Å². The second kappa shape index (κ2) is 6.69. The van der Waals surface area contributed by atoms with Crippen molar-refractivity contribution in [3.8, 4) is 0 Å². The molecular weight excluding hydrogens is 375 g/mol. The number of amides is 2. The van der Waals surface area contributed by atoms with Gasteiger partial charge >= 0.3 is 0 Å². The van der Waals surface area contributed by atoms with Crippen LogP contribution in [-0.2, 0) is 10.3 Å². The number of anilines is 1. The van der Waals surface area contributed by atoms with E-state index >= 15 is 0 Å². The Labute approximate surface area is 165 Å². The van der Waals surface area contributed by atoms with Crippen LogP contribution < -0.4 is 11.1 Å². The van der Waals surface area contributed by atoms with Crippen molar-refractivity contribution >= 4 is 29.0 Å². The van der Waals surface area contributed by atoms with Gasteiger partial charge in [-0.25, -0.2) is 14.4 Å². The Bertz CT molecular complexity index is 1170. The van der Waals surface area contributed by atoms with E-state index in [0.717, 1.165) is 5.52 Å². The molecule has 1 atom stereocenters. The highest BCUT2D eigenvalue weighted by Gasteiger charge is 2.38. The van der Waals surface area contributed by atoms with Crippen LogP contribution in [0, 0.1) is 5.82 Å². The molecule has 3 heterocycles. The van der Waals surface area contributed by atoms with E-state index in [1.807, 2.05) is 18.3 Å². The first-order chi connectivity index (χ1) is 13.8. The van der Waals surface area contributed by atoms with Crippen LogP contribution >= 0.6 is 0 Å². The maximum atomic E-state index is 14.6. The van der Waals surface area contributed by atoms with E-state index < -0.39 is 17.3 Å². The van der Waals surface area contributed by atoms with Crippen LogP contribution in [0.3, 0.4) is 0 Å². The summed E-state index contributed by atoms with van der Waals surface area (Å²) in [6.07, 6.45) is 3.33. The van der Waals surface area contributed by atoms with E-state index in [4.69, 9.17) is 5.73 Å². The molecule has 0 fully saturated rings. The van der Waals surface area contributed by atoms with Crippen molar-refractivity contribution < 1.29 is 14.0 Å². The van der Waals surface area contributed by atoms with Crippen molar-refractivity contribution in [1.29, 1.82) is 0 Å². The van der Waals surface area contributed by atoms with E-state index in [0.29, 0.717) is 5.69 Å². The van der Waals surface area contributed by atoms with Crippen LogP contribution in [0.5, 0.6) is 0 Å². The number of hydrogen-bond acceptors (Lipinski definition) is 5. The molecule has 8 nitrogen and oxygen atoms in total. The molecule has 2 amide bonds. The molecule has 148 valence electrons. The van der Waals surface area contributed by atoms with E-state index in [-0.39, 0.29) is 29.5 Å². The van der Waals surface area contributed by atoms with Gasteiger partial charge < -0.3 is 15.5 Å². The molecule has 3 N–H and O–H groups in total. The first-order valence-electron chi connectivity index (χ1n) is 8.93. The van der Waals surface area contributed by atoms with Gasteiger partial charge in [0.1, 0.15) is 11.5 Å². The number of nitrogens with zero attached hydrogens (tertiary/aromatic N) is 4. The number of halogens is 1. The van der Waals surface area contributed by atoms with Crippen molar-refractivity contribution in [3.63, 3.8) is 0 Å². The summed E-state index contributed by atoms with van der Waals surface area (Å²) >= 11 is 0. The number of nitrogens with two attached hydrogens (primary N) is 1. The molecule has 4 rings (SSSR count). The topological polar surface area (TPSA) is 105 Å². The highest BCUT2D eigenvalue weighted by atomic mass is 19.1. The number of guanidine groups is 1.